The third-order valence-electron chi connectivity index (χ3n) is 3.69. The maximum Gasteiger partial charge on any atom is 0.228 e. The standard InChI is InChI=1S/C17H18Cl2N4O/c1-3-4-5-8-20-17-16-15(21-10(2)22-17)14(23-24-16)12-7-6-11(18)9-13(12)19/h6-7,9H,3-5,8H2,1-2H3,(H,20,21,22). The van der Waals surface area contributed by atoms with Crippen LogP contribution in [-0.2, 0) is 0 Å². The van der Waals surface area contributed by atoms with E-state index < -0.39 is 0 Å². The minimum atomic E-state index is 0.506. The molecule has 0 aliphatic rings. The smallest absolute Gasteiger partial charge is 0.228 e. The second kappa shape index (κ2) is 7.36. The summed E-state index contributed by atoms with van der Waals surface area (Å²) >= 11 is 12.3. The van der Waals surface area contributed by atoms with E-state index in [0.29, 0.717) is 38.5 Å². The molecular formula is C17H18Cl2N4O. The van der Waals surface area contributed by atoms with E-state index in [2.05, 4.69) is 27.4 Å². The van der Waals surface area contributed by atoms with Crippen molar-refractivity contribution in [3.8, 4) is 11.3 Å². The van der Waals surface area contributed by atoms with E-state index >= 15 is 0 Å². The maximum absolute atomic E-state index is 6.29. The molecule has 0 saturated carbocycles. The molecule has 3 aromatic rings. The van der Waals surface area contributed by atoms with Gasteiger partial charge in [0, 0.05) is 17.1 Å². The van der Waals surface area contributed by atoms with Gasteiger partial charge < -0.3 is 9.84 Å². The van der Waals surface area contributed by atoms with E-state index in [-0.39, 0.29) is 0 Å². The zero-order chi connectivity index (χ0) is 17.1. The summed E-state index contributed by atoms with van der Waals surface area (Å²) in [7, 11) is 0. The van der Waals surface area contributed by atoms with Crippen LogP contribution < -0.4 is 5.32 Å². The minimum absolute atomic E-state index is 0.506. The SMILES string of the molecule is CCCCCNc1nc(C)nc2c(-c3ccc(Cl)cc3Cl)noc12. The van der Waals surface area contributed by atoms with Gasteiger partial charge in [-0.1, -0.05) is 48.1 Å². The van der Waals surface area contributed by atoms with Crippen LogP contribution in [-0.4, -0.2) is 21.7 Å². The summed E-state index contributed by atoms with van der Waals surface area (Å²) in [6.45, 7) is 4.85. The summed E-state index contributed by atoms with van der Waals surface area (Å²) in [4.78, 5) is 8.91. The number of fused-ring (bicyclic) bond motifs is 1. The largest absolute Gasteiger partial charge is 0.367 e. The van der Waals surface area contributed by atoms with Crippen LogP contribution in [0.4, 0.5) is 5.82 Å². The molecule has 0 aliphatic heterocycles. The zero-order valence-corrected chi connectivity index (χ0v) is 15.1. The predicted molar refractivity (Wildman–Crippen MR) is 97.8 cm³/mol. The summed E-state index contributed by atoms with van der Waals surface area (Å²) in [6.07, 6.45) is 3.41. The first-order chi connectivity index (χ1) is 11.6. The molecule has 0 aliphatic carbocycles. The molecule has 0 amide bonds. The Kier molecular flexibility index (Phi) is 5.21. The third kappa shape index (κ3) is 3.47. The molecule has 3 rings (SSSR count). The molecule has 1 N–H and O–H groups in total. The van der Waals surface area contributed by atoms with E-state index in [1.54, 1.807) is 12.1 Å². The minimum Gasteiger partial charge on any atom is -0.367 e. The van der Waals surface area contributed by atoms with Crippen molar-refractivity contribution in [2.45, 2.75) is 33.1 Å². The van der Waals surface area contributed by atoms with Gasteiger partial charge in [0.1, 0.15) is 17.0 Å². The highest BCUT2D eigenvalue weighted by atomic mass is 35.5. The molecule has 126 valence electrons. The van der Waals surface area contributed by atoms with Crippen LogP contribution in [0.15, 0.2) is 22.7 Å². The van der Waals surface area contributed by atoms with Crippen molar-refractivity contribution in [3.05, 3.63) is 34.1 Å². The van der Waals surface area contributed by atoms with Gasteiger partial charge in [-0.15, -0.1) is 0 Å². The van der Waals surface area contributed by atoms with E-state index in [9.17, 15) is 0 Å². The van der Waals surface area contributed by atoms with Crippen molar-refractivity contribution in [3.63, 3.8) is 0 Å². The van der Waals surface area contributed by atoms with Crippen molar-refractivity contribution < 1.29 is 4.52 Å². The average molecular weight is 365 g/mol. The Labute approximate surface area is 150 Å². The molecule has 2 aromatic heterocycles. The summed E-state index contributed by atoms with van der Waals surface area (Å²) in [5.74, 6) is 1.31. The van der Waals surface area contributed by atoms with Crippen molar-refractivity contribution in [2.75, 3.05) is 11.9 Å². The molecule has 24 heavy (non-hydrogen) atoms. The predicted octanol–water partition coefficient (Wildman–Crippen LogP) is 5.50. The summed E-state index contributed by atoms with van der Waals surface area (Å²) in [6, 6.07) is 5.26. The molecule has 7 heteroatoms. The van der Waals surface area contributed by atoms with Crippen molar-refractivity contribution in [1.82, 2.24) is 15.1 Å². The average Bonchev–Trinajstić information content (AvgIpc) is 2.95. The lowest BCUT2D eigenvalue weighted by Crippen LogP contribution is -2.05. The summed E-state index contributed by atoms with van der Waals surface area (Å²) in [5, 5.41) is 8.55. The van der Waals surface area contributed by atoms with Gasteiger partial charge in [-0.25, -0.2) is 9.97 Å². The lowest BCUT2D eigenvalue weighted by Gasteiger charge is -2.06. The monoisotopic (exact) mass is 364 g/mol. The van der Waals surface area contributed by atoms with E-state index in [0.717, 1.165) is 18.5 Å². The molecule has 5 nitrogen and oxygen atoms in total. The number of nitrogens with zero attached hydrogens (tertiary/aromatic N) is 3. The molecule has 2 heterocycles. The van der Waals surface area contributed by atoms with Crippen LogP contribution in [0.25, 0.3) is 22.4 Å². The number of nitrogens with one attached hydrogen (secondary N) is 1. The van der Waals surface area contributed by atoms with Crippen LogP contribution in [0.5, 0.6) is 0 Å². The summed E-state index contributed by atoms with van der Waals surface area (Å²) in [5.41, 5.74) is 2.51. The number of hydrogen-bond acceptors (Lipinski definition) is 5. The topological polar surface area (TPSA) is 63.8 Å². The first-order valence-corrected chi connectivity index (χ1v) is 8.69. The highest BCUT2D eigenvalue weighted by Gasteiger charge is 2.19. The lowest BCUT2D eigenvalue weighted by atomic mass is 10.1. The number of unbranched alkanes of at least 4 members (excludes halogenated alkanes) is 2. The van der Waals surface area contributed by atoms with Gasteiger partial charge >= 0.3 is 0 Å². The fourth-order valence-corrected chi connectivity index (χ4v) is 3.00. The number of halogens is 2. The third-order valence-corrected chi connectivity index (χ3v) is 4.24. The van der Waals surface area contributed by atoms with Crippen LogP contribution in [0.1, 0.15) is 32.0 Å². The van der Waals surface area contributed by atoms with Gasteiger partial charge in [0.05, 0.1) is 5.02 Å². The Bertz CT molecular complexity index is 863. The number of benzene rings is 1. The second-order valence-corrected chi connectivity index (χ2v) is 6.43. The first-order valence-electron chi connectivity index (χ1n) is 7.93. The first kappa shape index (κ1) is 17.0. The number of anilines is 1. The molecule has 1 aromatic carbocycles. The molecule has 0 radical (unpaired) electrons. The summed E-state index contributed by atoms with van der Waals surface area (Å²) < 4.78 is 5.50. The molecule has 0 spiro atoms. The normalized spacial score (nSPS) is 11.2. The molecule has 0 unspecified atom stereocenters. The molecule has 0 atom stereocenters. The van der Waals surface area contributed by atoms with Crippen LogP contribution in [0.2, 0.25) is 10.0 Å². The van der Waals surface area contributed by atoms with E-state index in [1.165, 1.54) is 12.8 Å². The van der Waals surface area contributed by atoms with Crippen molar-refractivity contribution in [2.24, 2.45) is 0 Å². The van der Waals surface area contributed by atoms with Crippen LogP contribution in [0.3, 0.4) is 0 Å². The second-order valence-electron chi connectivity index (χ2n) is 5.59. The zero-order valence-electron chi connectivity index (χ0n) is 13.6. The van der Waals surface area contributed by atoms with Gasteiger partial charge in [-0.05, 0) is 31.5 Å². The molecule has 0 saturated heterocycles. The number of aromatic nitrogens is 3. The quantitative estimate of drug-likeness (QED) is 0.584. The Hall–Kier alpha value is -1.85. The fourth-order valence-electron chi connectivity index (χ4n) is 2.50. The molecule has 0 fully saturated rings. The Morgan fingerprint density at radius 3 is 2.75 bits per heavy atom. The van der Waals surface area contributed by atoms with Gasteiger partial charge in [0.15, 0.2) is 5.82 Å². The molecule has 0 bridgehead atoms. The lowest BCUT2D eigenvalue weighted by molar-refractivity contribution is 0.459. The Balaban J connectivity index is 2.01. The van der Waals surface area contributed by atoms with Crippen molar-refractivity contribution in [1.29, 1.82) is 0 Å². The van der Waals surface area contributed by atoms with Crippen LogP contribution >= 0.6 is 23.2 Å². The highest BCUT2D eigenvalue weighted by Crippen LogP contribution is 2.35. The number of rotatable bonds is 6. The van der Waals surface area contributed by atoms with E-state index in [1.807, 2.05) is 13.0 Å². The molecular weight excluding hydrogens is 347 g/mol. The number of aryl methyl sites for hydroxylation is 1. The van der Waals surface area contributed by atoms with Crippen LogP contribution in [0, 0.1) is 6.92 Å². The Morgan fingerprint density at radius 2 is 2.00 bits per heavy atom. The van der Waals surface area contributed by atoms with E-state index in [4.69, 9.17) is 27.7 Å². The fraction of sp³-hybridized carbons (Fsp3) is 0.353. The highest BCUT2D eigenvalue weighted by molar-refractivity contribution is 6.36. The van der Waals surface area contributed by atoms with Gasteiger partial charge in [0.25, 0.3) is 0 Å². The Morgan fingerprint density at radius 1 is 1.17 bits per heavy atom. The maximum atomic E-state index is 6.29. The van der Waals surface area contributed by atoms with Crippen molar-refractivity contribution >= 4 is 40.1 Å². The number of hydrogen-bond donors (Lipinski definition) is 1. The van der Waals surface area contributed by atoms with Gasteiger partial charge in [0.2, 0.25) is 5.58 Å². The van der Waals surface area contributed by atoms with Gasteiger partial charge in [-0.3, -0.25) is 0 Å². The van der Waals surface area contributed by atoms with Gasteiger partial charge in [-0.2, -0.15) is 0 Å².